The SMILES string of the molecule is CC(=Cc1csc(C)n1)C1CC2C(CCCC(C)[C@H](O)C(C)C(=O)C(C)(C)C(O)CC(=O)O1)N2CCO. The van der Waals surface area contributed by atoms with Crippen LogP contribution in [0.2, 0.25) is 0 Å². The number of carbonyl (C=O) groups is 2. The van der Waals surface area contributed by atoms with E-state index in [-0.39, 0.29) is 36.8 Å². The van der Waals surface area contributed by atoms with Crippen molar-refractivity contribution in [2.45, 2.75) is 104 Å². The van der Waals surface area contributed by atoms with Crippen molar-refractivity contribution in [1.82, 2.24) is 9.88 Å². The number of aliphatic hydroxyl groups excluding tert-OH is 3. The van der Waals surface area contributed by atoms with E-state index in [1.54, 1.807) is 32.1 Å². The molecule has 0 radical (unpaired) electrons. The molecular formula is C28H44N2O6S. The first kappa shape index (κ1) is 29.9. The lowest BCUT2D eigenvalue weighted by Gasteiger charge is -2.34. The van der Waals surface area contributed by atoms with E-state index < -0.39 is 35.6 Å². The highest BCUT2D eigenvalue weighted by atomic mass is 32.1. The number of carbonyl (C=O) groups excluding carboxylic acids is 2. The van der Waals surface area contributed by atoms with Crippen LogP contribution in [-0.2, 0) is 14.3 Å². The first-order valence-corrected chi connectivity index (χ1v) is 14.3. The predicted octanol–water partition coefficient (Wildman–Crippen LogP) is 3.37. The van der Waals surface area contributed by atoms with Crippen molar-refractivity contribution < 1.29 is 29.6 Å². The summed E-state index contributed by atoms with van der Waals surface area (Å²) >= 11 is 1.55. The summed E-state index contributed by atoms with van der Waals surface area (Å²) in [5.41, 5.74) is 0.467. The van der Waals surface area contributed by atoms with Crippen LogP contribution in [0.25, 0.3) is 6.08 Å². The van der Waals surface area contributed by atoms with Crippen LogP contribution in [0.4, 0.5) is 0 Å². The number of hydrogen-bond acceptors (Lipinski definition) is 9. The first-order chi connectivity index (χ1) is 17.4. The maximum absolute atomic E-state index is 13.3. The van der Waals surface area contributed by atoms with E-state index >= 15 is 0 Å². The summed E-state index contributed by atoms with van der Waals surface area (Å²) in [5, 5.41) is 34.3. The molecule has 208 valence electrons. The minimum absolute atomic E-state index is 0.0559. The number of cyclic esters (lactones) is 1. The first-order valence-electron chi connectivity index (χ1n) is 13.4. The molecule has 1 aromatic heterocycles. The molecule has 3 N–H and O–H groups in total. The number of β-amino-alcohol motifs (C(OH)–C–C–N with tert-alkyl or cyclic N) is 1. The van der Waals surface area contributed by atoms with Crippen LogP contribution in [0.5, 0.6) is 0 Å². The van der Waals surface area contributed by atoms with Gasteiger partial charge in [0, 0.05) is 36.3 Å². The van der Waals surface area contributed by atoms with Crippen LogP contribution >= 0.6 is 11.3 Å². The number of aromatic nitrogens is 1. The maximum atomic E-state index is 13.3. The number of rotatable bonds is 4. The monoisotopic (exact) mass is 536 g/mol. The Labute approximate surface area is 224 Å². The third-order valence-electron chi connectivity index (χ3n) is 8.31. The number of ether oxygens (including phenoxy) is 1. The molecular weight excluding hydrogens is 492 g/mol. The molecule has 8 nitrogen and oxygen atoms in total. The molecule has 37 heavy (non-hydrogen) atoms. The molecule has 2 aliphatic rings. The van der Waals surface area contributed by atoms with Crippen molar-refractivity contribution in [3.05, 3.63) is 21.7 Å². The molecule has 1 aromatic rings. The molecule has 0 aliphatic carbocycles. The Morgan fingerprint density at radius 3 is 2.57 bits per heavy atom. The maximum Gasteiger partial charge on any atom is 0.309 e. The average molecular weight is 537 g/mol. The molecule has 0 spiro atoms. The van der Waals surface area contributed by atoms with Gasteiger partial charge in [0.25, 0.3) is 0 Å². The van der Waals surface area contributed by atoms with Gasteiger partial charge in [-0.05, 0) is 44.3 Å². The van der Waals surface area contributed by atoms with Crippen molar-refractivity contribution in [2.75, 3.05) is 13.2 Å². The Morgan fingerprint density at radius 1 is 1.24 bits per heavy atom. The zero-order valence-corrected chi connectivity index (χ0v) is 23.8. The second-order valence-electron chi connectivity index (χ2n) is 11.5. The Kier molecular flexibility index (Phi) is 10.1. The zero-order chi connectivity index (χ0) is 27.5. The Bertz CT molecular complexity index is 976. The molecule has 0 amide bonds. The van der Waals surface area contributed by atoms with E-state index in [9.17, 15) is 24.9 Å². The van der Waals surface area contributed by atoms with E-state index in [2.05, 4.69) is 9.88 Å². The Morgan fingerprint density at radius 2 is 1.95 bits per heavy atom. The summed E-state index contributed by atoms with van der Waals surface area (Å²) < 4.78 is 5.94. The number of fused-ring (bicyclic) bond motifs is 1. The molecule has 0 aromatic carbocycles. The van der Waals surface area contributed by atoms with Gasteiger partial charge in [0.2, 0.25) is 0 Å². The van der Waals surface area contributed by atoms with Gasteiger partial charge in [0.05, 0.1) is 41.4 Å². The lowest BCUT2D eigenvalue weighted by atomic mass is 9.73. The Balaban J connectivity index is 1.88. The van der Waals surface area contributed by atoms with E-state index in [1.807, 2.05) is 32.2 Å². The van der Waals surface area contributed by atoms with Gasteiger partial charge < -0.3 is 20.1 Å². The van der Waals surface area contributed by atoms with Crippen molar-refractivity contribution in [3.8, 4) is 0 Å². The lowest BCUT2D eigenvalue weighted by Crippen LogP contribution is -2.45. The molecule has 3 rings (SSSR count). The summed E-state index contributed by atoms with van der Waals surface area (Å²) in [6.07, 6.45) is 2.19. The smallest absolute Gasteiger partial charge is 0.309 e. The fraction of sp³-hybridized carbons (Fsp3) is 0.750. The third kappa shape index (κ3) is 7.26. The number of ketones is 1. The standard InChI is InChI=1S/C28H44N2O6S/c1-16-8-7-9-21-22(30(21)10-11-31)13-23(17(2)12-20-15-37-19(4)29-20)36-25(33)14-24(32)28(5,6)27(35)18(3)26(16)34/h12,15-16,18,21-24,26,31-32,34H,7-11,13-14H2,1-6H3/t16?,18?,21?,22?,23?,24?,26-,30?/m0/s1. The summed E-state index contributed by atoms with van der Waals surface area (Å²) in [5.74, 6) is -1.57. The fourth-order valence-corrected chi connectivity index (χ4v) is 6.22. The molecule has 8 atom stereocenters. The molecule has 7 unspecified atom stereocenters. The number of aliphatic hydroxyl groups is 3. The molecule has 2 saturated heterocycles. The highest BCUT2D eigenvalue weighted by Gasteiger charge is 2.48. The van der Waals surface area contributed by atoms with E-state index in [0.29, 0.717) is 13.0 Å². The molecule has 2 fully saturated rings. The van der Waals surface area contributed by atoms with Crippen LogP contribution < -0.4 is 0 Å². The van der Waals surface area contributed by atoms with Crippen LogP contribution in [0.15, 0.2) is 11.0 Å². The number of nitrogens with zero attached hydrogens (tertiary/aromatic N) is 2. The number of hydrogen-bond donors (Lipinski definition) is 3. The lowest BCUT2D eigenvalue weighted by molar-refractivity contribution is -0.154. The number of thiazole rings is 1. The summed E-state index contributed by atoms with van der Waals surface area (Å²) in [6.45, 7) is 11.4. The number of aryl methyl sites for hydroxylation is 1. The third-order valence-corrected chi connectivity index (χ3v) is 9.10. The molecule has 0 saturated carbocycles. The normalized spacial score (nSPS) is 36.1. The summed E-state index contributed by atoms with van der Waals surface area (Å²) in [4.78, 5) is 33.1. The molecule has 9 heteroatoms. The molecule has 2 aliphatic heterocycles. The molecule has 3 heterocycles. The van der Waals surface area contributed by atoms with Crippen LogP contribution in [0, 0.1) is 24.2 Å². The van der Waals surface area contributed by atoms with Crippen molar-refractivity contribution in [2.24, 2.45) is 17.3 Å². The summed E-state index contributed by atoms with van der Waals surface area (Å²) in [6, 6.07) is 0.434. The molecule has 0 bridgehead atoms. The summed E-state index contributed by atoms with van der Waals surface area (Å²) in [7, 11) is 0. The second kappa shape index (κ2) is 12.5. The van der Waals surface area contributed by atoms with E-state index in [4.69, 9.17) is 4.74 Å². The number of esters is 1. The Hall–Kier alpha value is -1.65. The van der Waals surface area contributed by atoms with Gasteiger partial charge in [-0.25, -0.2) is 4.98 Å². The highest BCUT2D eigenvalue weighted by molar-refractivity contribution is 7.09. The number of Topliss-reactive ketones (excluding diaryl/α,β-unsaturated/α-hetero) is 1. The topological polar surface area (TPSA) is 120 Å². The van der Waals surface area contributed by atoms with Crippen molar-refractivity contribution >= 4 is 29.2 Å². The van der Waals surface area contributed by atoms with Gasteiger partial charge in [-0.3, -0.25) is 14.5 Å². The van der Waals surface area contributed by atoms with Crippen LogP contribution in [-0.4, -0.2) is 80.5 Å². The van der Waals surface area contributed by atoms with Gasteiger partial charge in [-0.2, -0.15) is 0 Å². The average Bonchev–Trinajstić information content (AvgIpc) is 3.29. The van der Waals surface area contributed by atoms with Crippen LogP contribution in [0.1, 0.15) is 77.4 Å². The van der Waals surface area contributed by atoms with Gasteiger partial charge in [0.15, 0.2) is 0 Å². The van der Waals surface area contributed by atoms with E-state index in [0.717, 1.165) is 35.5 Å². The van der Waals surface area contributed by atoms with Crippen molar-refractivity contribution in [3.63, 3.8) is 0 Å². The minimum atomic E-state index is -1.24. The van der Waals surface area contributed by atoms with E-state index in [1.165, 1.54) is 0 Å². The van der Waals surface area contributed by atoms with Gasteiger partial charge in [-0.1, -0.05) is 34.1 Å². The van der Waals surface area contributed by atoms with Crippen molar-refractivity contribution in [1.29, 1.82) is 0 Å². The minimum Gasteiger partial charge on any atom is -0.458 e. The second-order valence-corrected chi connectivity index (χ2v) is 12.5. The highest BCUT2D eigenvalue weighted by Crippen LogP contribution is 2.39. The van der Waals surface area contributed by atoms with Gasteiger partial charge in [0.1, 0.15) is 11.9 Å². The fourth-order valence-electron chi connectivity index (χ4n) is 5.65. The van der Waals surface area contributed by atoms with Crippen LogP contribution in [0.3, 0.4) is 0 Å². The largest absolute Gasteiger partial charge is 0.458 e. The zero-order valence-electron chi connectivity index (χ0n) is 23.0. The quantitative estimate of drug-likeness (QED) is 0.396. The van der Waals surface area contributed by atoms with Gasteiger partial charge >= 0.3 is 5.97 Å². The van der Waals surface area contributed by atoms with Gasteiger partial charge in [-0.15, -0.1) is 11.3 Å². The predicted molar refractivity (Wildman–Crippen MR) is 144 cm³/mol.